The lowest BCUT2D eigenvalue weighted by Crippen LogP contribution is -2.32. The van der Waals surface area contributed by atoms with Gasteiger partial charge < -0.3 is 25.3 Å². The van der Waals surface area contributed by atoms with Crippen molar-refractivity contribution in [3.8, 4) is 5.75 Å². The molecular formula is C26H19ClN3O6-. The summed E-state index contributed by atoms with van der Waals surface area (Å²) in [6, 6.07) is 16.8. The highest BCUT2D eigenvalue weighted by Gasteiger charge is 2.39. The van der Waals surface area contributed by atoms with Gasteiger partial charge in [-0.25, -0.2) is 4.90 Å². The summed E-state index contributed by atoms with van der Waals surface area (Å²) in [5.41, 5.74) is 1.30. The molecule has 1 heterocycles. The van der Waals surface area contributed by atoms with Gasteiger partial charge in [0.05, 0.1) is 24.5 Å². The maximum absolute atomic E-state index is 13.1. The molecule has 36 heavy (non-hydrogen) atoms. The molecule has 0 atom stereocenters. The van der Waals surface area contributed by atoms with Gasteiger partial charge >= 0.3 is 0 Å². The minimum atomic E-state index is -1.43. The number of para-hydroxylation sites is 1. The highest BCUT2D eigenvalue weighted by atomic mass is 35.5. The summed E-state index contributed by atoms with van der Waals surface area (Å²) >= 11 is 6.23. The number of carboxylic acids is 1. The Hall–Kier alpha value is -4.63. The summed E-state index contributed by atoms with van der Waals surface area (Å²) < 4.78 is 5.10. The maximum Gasteiger partial charge on any atom is 0.283 e. The first-order valence-electron chi connectivity index (χ1n) is 10.6. The summed E-state index contributed by atoms with van der Waals surface area (Å²) in [4.78, 5) is 50.9. The number of nitrogens with one attached hydrogen (secondary N) is 2. The van der Waals surface area contributed by atoms with Gasteiger partial charge in [-0.3, -0.25) is 14.4 Å². The molecule has 0 aliphatic carbocycles. The van der Waals surface area contributed by atoms with Crippen LogP contribution in [-0.4, -0.2) is 30.8 Å². The number of rotatable bonds is 7. The van der Waals surface area contributed by atoms with Crippen molar-refractivity contribution in [2.75, 3.05) is 22.6 Å². The molecule has 3 amide bonds. The van der Waals surface area contributed by atoms with Gasteiger partial charge in [0.25, 0.3) is 17.7 Å². The first-order chi connectivity index (χ1) is 17.2. The molecule has 0 spiro atoms. The van der Waals surface area contributed by atoms with E-state index in [9.17, 15) is 24.3 Å². The van der Waals surface area contributed by atoms with Crippen molar-refractivity contribution in [2.24, 2.45) is 0 Å². The smallest absolute Gasteiger partial charge is 0.283 e. The number of amides is 3. The van der Waals surface area contributed by atoms with Crippen LogP contribution in [0.3, 0.4) is 0 Å². The lowest BCUT2D eigenvalue weighted by atomic mass is 10.1. The van der Waals surface area contributed by atoms with Crippen molar-refractivity contribution in [1.29, 1.82) is 0 Å². The van der Waals surface area contributed by atoms with Crippen LogP contribution in [0.15, 0.2) is 77.5 Å². The second-order valence-electron chi connectivity index (χ2n) is 7.77. The molecule has 0 saturated carbocycles. The lowest BCUT2D eigenvalue weighted by Gasteiger charge is -2.16. The lowest BCUT2D eigenvalue weighted by molar-refractivity contribution is -0.254. The molecular weight excluding hydrogens is 486 g/mol. The summed E-state index contributed by atoms with van der Waals surface area (Å²) in [6.45, 7) is 1.74. The Kier molecular flexibility index (Phi) is 6.75. The number of hydrogen-bond acceptors (Lipinski definition) is 7. The largest absolute Gasteiger partial charge is 0.545 e. The van der Waals surface area contributed by atoms with Crippen molar-refractivity contribution in [1.82, 2.24) is 0 Å². The number of nitrogens with zero attached hydrogens (tertiary/aromatic N) is 1. The van der Waals surface area contributed by atoms with Crippen molar-refractivity contribution in [2.45, 2.75) is 6.92 Å². The molecule has 10 heteroatoms. The first-order valence-corrected chi connectivity index (χ1v) is 11.0. The number of methoxy groups -OCH3 is 1. The van der Waals surface area contributed by atoms with Crippen LogP contribution in [0.4, 0.5) is 17.1 Å². The predicted molar refractivity (Wildman–Crippen MR) is 132 cm³/mol. The fourth-order valence-electron chi connectivity index (χ4n) is 3.57. The van der Waals surface area contributed by atoms with Gasteiger partial charge in [0.2, 0.25) is 0 Å². The normalized spacial score (nSPS) is 13.1. The Bertz CT molecular complexity index is 1430. The number of carboxylic acid groups (broad SMARTS) is 1. The number of carbonyl (C=O) groups is 4. The number of halogens is 1. The number of hydrogen-bond donors (Lipinski definition) is 2. The van der Waals surface area contributed by atoms with E-state index in [0.29, 0.717) is 22.7 Å². The Labute approximate surface area is 210 Å². The summed E-state index contributed by atoms with van der Waals surface area (Å²) in [6.07, 6.45) is 0. The quantitative estimate of drug-likeness (QED) is 0.473. The molecule has 0 fully saturated rings. The summed E-state index contributed by atoms with van der Waals surface area (Å²) in [5.74, 6) is -2.81. The van der Waals surface area contributed by atoms with Crippen LogP contribution >= 0.6 is 11.6 Å². The standard InChI is InChI=1S/C26H20ClN3O6/c1-14-7-8-15(23(31)29-19-6-4-3-5-18(19)26(34)35)13-20(14)28-22-21(27)24(32)30(25(22)33)16-9-11-17(36-2)12-10-16/h3-13,28H,1-2H3,(H,29,31)(H,34,35)/p-1. The van der Waals surface area contributed by atoms with Gasteiger partial charge in [-0.1, -0.05) is 35.9 Å². The zero-order valence-electron chi connectivity index (χ0n) is 19.1. The van der Waals surface area contributed by atoms with E-state index in [4.69, 9.17) is 16.3 Å². The fourth-order valence-corrected chi connectivity index (χ4v) is 3.79. The Morgan fingerprint density at radius 3 is 2.31 bits per heavy atom. The molecule has 0 bridgehead atoms. The molecule has 4 rings (SSSR count). The van der Waals surface area contributed by atoms with Gasteiger partial charge in [-0.2, -0.15) is 0 Å². The van der Waals surface area contributed by atoms with Gasteiger partial charge in [0.1, 0.15) is 16.5 Å². The van der Waals surface area contributed by atoms with E-state index in [2.05, 4.69) is 10.6 Å². The molecule has 9 nitrogen and oxygen atoms in total. The number of carbonyl (C=O) groups excluding carboxylic acids is 4. The molecule has 2 N–H and O–H groups in total. The summed E-state index contributed by atoms with van der Waals surface area (Å²) in [7, 11) is 1.50. The van der Waals surface area contributed by atoms with Crippen molar-refractivity contribution < 1.29 is 29.0 Å². The third kappa shape index (κ3) is 4.64. The SMILES string of the molecule is COc1ccc(N2C(=O)C(Cl)=C(Nc3cc(C(=O)Nc4ccccc4C(=O)[O-])ccc3C)C2=O)cc1. The van der Waals surface area contributed by atoms with Gasteiger partial charge in [-0.15, -0.1) is 0 Å². The third-order valence-electron chi connectivity index (χ3n) is 5.51. The van der Waals surface area contributed by atoms with Gasteiger partial charge in [0.15, 0.2) is 0 Å². The topological polar surface area (TPSA) is 128 Å². The van der Waals surface area contributed by atoms with Crippen LogP contribution in [0.25, 0.3) is 0 Å². The predicted octanol–water partition coefficient (Wildman–Crippen LogP) is 3.06. The minimum absolute atomic E-state index is 0.0787. The van der Waals surface area contributed by atoms with Crippen LogP contribution in [0.1, 0.15) is 26.3 Å². The van der Waals surface area contributed by atoms with Crippen LogP contribution < -0.4 is 25.4 Å². The minimum Gasteiger partial charge on any atom is -0.545 e. The molecule has 3 aromatic rings. The van der Waals surface area contributed by atoms with Crippen LogP contribution in [0, 0.1) is 6.92 Å². The number of anilines is 3. The summed E-state index contributed by atoms with van der Waals surface area (Å²) in [5, 5.41) is 16.4. The molecule has 1 aliphatic heterocycles. The van der Waals surface area contributed by atoms with E-state index in [0.717, 1.165) is 4.90 Å². The van der Waals surface area contributed by atoms with Crippen molar-refractivity contribution in [3.05, 3.63) is 94.1 Å². The second kappa shape index (κ2) is 9.93. The fraction of sp³-hybridized carbons (Fsp3) is 0.0769. The van der Waals surface area contributed by atoms with E-state index >= 15 is 0 Å². The van der Waals surface area contributed by atoms with Crippen molar-refractivity contribution >= 4 is 52.4 Å². The monoisotopic (exact) mass is 504 g/mol. The van der Waals surface area contributed by atoms with Crippen LogP contribution in [-0.2, 0) is 9.59 Å². The third-order valence-corrected chi connectivity index (χ3v) is 5.86. The molecule has 182 valence electrons. The number of aryl methyl sites for hydroxylation is 1. The zero-order valence-corrected chi connectivity index (χ0v) is 19.9. The molecule has 0 saturated heterocycles. The Balaban J connectivity index is 1.58. The number of imide groups is 1. The molecule has 0 unspecified atom stereocenters. The average molecular weight is 505 g/mol. The van der Waals surface area contributed by atoms with E-state index in [1.54, 1.807) is 49.4 Å². The van der Waals surface area contributed by atoms with Crippen LogP contribution in [0.2, 0.25) is 0 Å². The zero-order chi connectivity index (χ0) is 26.0. The van der Waals surface area contributed by atoms with E-state index in [-0.39, 0.29) is 27.5 Å². The number of benzene rings is 3. The second-order valence-corrected chi connectivity index (χ2v) is 8.15. The molecule has 0 aromatic heterocycles. The Morgan fingerprint density at radius 1 is 0.944 bits per heavy atom. The van der Waals surface area contributed by atoms with Crippen molar-refractivity contribution in [3.63, 3.8) is 0 Å². The highest BCUT2D eigenvalue weighted by Crippen LogP contribution is 2.32. The van der Waals surface area contributed by atoms with E-state index in [1.807, 2.05) is 0 Å². The van der Waals surface area contributed by atoms with Crippen LogP contribution in [0.5, 0.6) is 5.75 Å². The van der Waals surface area contributed by atoms with E-state index in [1.165, 1.54) is 31.4 Å². The first kappa shape index (κ1) is 24.5. The van der Waals surface area contributed by atoms with Gasteiger partial charge in [-0.05, 0) is 55.0 Å². The molecule has 3 aromatic carbocycles. The Morgan fingerprint density at radius 2 is 1.64 bits per heavy atom. The molecule has 0 radical (unpaired) electrons. The highest BCUT2D eigenvalue weighted by molar-refractivity contribution is 6.53. The van der Waals surface area contributed by atoms with Gasteiger partial charge in [0, 0.05) is 16.8 Å². The molecule has 1 aliphatic rings. The average Bonchev–Trinajstić information content (AvgIpc) is 3.08. The number of aromatic carboxylic acids is 1. The van der Waals surface area contributed by atoms with E-state index < -0.39 is 23.7 Å². The number of ether oxygens (including phenoxy) is 1. The maximum atomic E-state index is 13.1.